The van der Waals surface area contributed by atoms with Crippen molar-refractivity contribution in [3.05, 3.63) is 52.2 Å². The van der Waals surface area contributed by atoms with E-state index in [1.165, 1.54) is 35.6 Å². The van der Waals surface area contributed by atoms with Crippen molar-refractivity contribution < 1.29 is 17.9 Å². The van der Waals surface area contributed by atoms with E-state index in [4.69, 9.17) is 4.74 Å². The third-order valence-electron chi connectivity index (χ3n) is 4.35. The van der Waals surface area contributed by atoms with Gasteiger partial charge in [0.1, 0.15) is 0 Å². The quantitative estimate of drug-likeness (QED) is 0.783. The Hall–Kier alpha value is -1.74. The SMILES string of the molecule is CNC(=O)c1ccc(S(=O)(=O)N(Cc2ccsc2)CC2CCCO2)cc1. The number of thiophene rings is 1. The number of hydrogen-bond donors (Lipinski definition) is 1. The largest absolute Gasteiger partial charge is 0.377 e. The smallest absolute Gasteiger partial charge is 0.251 e. The van der Waals surface area contributed by atoms with Crippen LogP contribution in [0.3, 0.4) is 0 Å². The highest BCUT2D eigenvalue weighted by Gasteiger charge is 2.29. The first-order chi connectivity index (χ1) is 12.5. The number of nitrogens with zero attached hydrogens (tertiary/aromatic N) is 1. The molecule has 26 heavy (non-hydrogen) atoms. The van der Waals surface area contributed by atoms with Crippen molar-refractivity contribution >= 4 is 27.3 Å². The summed E-state index contributed by atoms with van der Waals surface area (Å²) in [5, 5.41) is 6.41. The Labute approximate surface area is 157 Å². The van der Waals surface area contributed by atoms with E-state index in [1.54, 1.807) is 11.3 Å². The van der Waals surface area contributed by atoms with Gasteiger partial charge in [0.25, 0.3) is 5.91 Å². The number of benzene rings is 1. The maximum atomic E-state index is 13.2. The third kappa shape index (κ3) is 4.32. The predicted molar refractivity (Wildman–Crippen MR) is 101 cm³/mol. The normalized spacial score (nSPS) is 17.5. The Bertz CT molecular complexity index is 827. The second kappa shape index (κ2) is 8.30. The van der Waals surface area contributed by atoms with Gasteiger partial charge in [-0.05, 0) is 59.5 Å². The number of rotatable bonds is 7. The molecule has 0 aliphatic carbocycles. The summed E-state index contributed by atoms with van der Waals surface area (Å²) in [6.45, 7) is 1.32. The maximum Gasteiger partial charge on any atom is 0.251 e. The van der Waals surface area contributed by atoms with Crippen molar-refractivity contribution in [3.63, 3.8) is 0 Å². The molecule has 0 spiro atoms. The maximum absolute atomic E-state index is 13.2. The number of carbonyl (C=O) groups excluding carboxylic acids is 1. The van der Waals surface area contributed by atoms with Crippen LogP contribution in [0.2, 0.25) is 0 Å². The lowest BCUT2D eigenvalue weighted by molar-refractivity contribution is 0.0926. The number of amides is 1. The molecule has 8 heteroatoms. The van der Waals surface area contributed by atoms with E-state index in [9.17, 15) is 13.2 Å². The van der Waals surface area contributed by atoms with Gasteiger partial charge in [0.2, 0.25) is 10.0 Å². The van der Waals surface area contributed by atoms with Crippen LogP contribution < -0.4 is 5.32 Å². The topological polar surface area (TPSA) is 75.7 Å². The molecule has 6 nitrogen and oxygen atoms in total. The van der Waals surface area contributed by atoms with Gasteiger partial charge in [-0.15, -0.1) is 0 Å². The lowest BCUT2D eigenvalue weighted by Crippen LogP contribution is -2.36. The average Bonchev–Trinajstić information content (AvgIpc) is 3.34. The summed E-state index contributed by atoms with van der Waals surface area (Å²) >= 11 is 1.54. The van der Waals surface area contributed by atoms with E-state index in [-0.39, 0.29) is 16.9 Å². The molecule has 0 saturated carbocycles. The molecule has 1 saturated heterocycles. The molecule has 1 atom stereocenters. The van der Waals surface area contributed by atoms with Crippen LogP contribution in [0.4, 0.5) is 0 Å². The van der Waals surface area contributed by atoms with Gasteiger partial charge in [0.15, 0.2) is 0 Å². The van der Waals surface area contributed by atoms with Crippen molar-refractivity contribution in [2.24, 2.45) is 0 Å². The highest BCUT2D eigenvalue weighted by Crippen LogP contribution is 2.23. The van der Waals surface area contributed by atoms with Gasteiger partial charge in [-0.2, -0.15) is 15.6 Å². The van der Waals surface area contributed by atoms with Crippen molar-refractivity contribution in [2.45, 2.75) is 30.4 Å². The Morgan fingerprint density at radius 1 is 1.31 bits per heavy atom. The average molecular weight is 395 g/mol. The van der Waals surface area contributed by atoms with Crippen LogP contribution in [0.5, 0.6) is 0 Å². The molecule has 2 aromatic rings. The van der Waals surface area contributed by atoms with Gasteiger partial charge in [-0.3, -0.25) is 4.79 Å². The summed E-state index contributed by atoms with van der Waals surface area (Å²) < 4.78 is 33.5. The molecule has 1 fully saturated rings. The first-order valence-electron chi connectivity index (χ1n) is 8.45. The number of ether oxygens (including phenoxy) is 1. The summed E-state index contributed by atoms with van der Waals surface area (Å²) in [5.41, 5.74) is 1.38. The monoisotopic (exact) mass is 394 g/mol. The zero-order valence-corrected chi connectivity index (χ0v) is 16.2. The standard InChI is InChI=1S/C18H22N2O4S2/c1-19-18(21)15-4-6-17(7-5-15)26(22,23)20(11-14-8-10-25-13-14)12-16-3-2-9-24-16/h4-8,10,13,16H,2-3,9,11-12H2,1H3,(H,19,21). The molecule has 2 heterocycles. The van der Waals surface area contributed by atoms with E-state index in [0.29, 0.717) is 25.3 Å². The van der Waals surface area contributed by atoms with Crippen LogP contribution in [0.25, 0.3) is 0 Å². The van der Waals surface area contributed by atoms with E-state index >= 15 is 0 Å². The molecular weight excluding hydrogens is 372 g/mol. The Morgan fingerprint density at radius 2 is 2.08 bits per heavy atom. The Kier molecular flexibility index (Phi) is 6.08. The molecular formula is C18H22N2O4S2. The van der Waals surface area contributed by atoms with Crippen LogP contribution >= 0.6 is 11.3 Å². The van der Waals surface area contributed by atoms with Crippen LogP contribution in [0.1, 0.15) is 28.8 Å². The fourth-order valence-electron chi connectivity index (χ4n) is 2.92. The van der Waals surface area contributed by atoms with Crippen molar-refractivity contribution in [1.82, 2.24) is 9.62 Å². The summed E-state index contributed by atoms with van der Waals surface area (Å²) in [6.07, 6.45) is 1.75. The molecule has 1 amide bonds. The highest BCUT2D eigenvalue weighted by molar-refractivity contribution is 7.89. The molecule has 1 aliphatic rings. The van der Waals surface area contributed by atoms with Gasteiger partial charge in [-0.25, -0.2) is 8.42 Å². The lowest BCUT2D eigenvalue weighted by Gasteiger charge is -2.24. The number of hydrogen-bond acceptors (Lipinski definition) is 5. The Balaban J connectivity index is 1.85. The molecule has 1 aromatic carbocycles. The zero-order valence-electron chi connectivity index (χ0n) is 14.6. The molecule has 1 unspecified atom stereocenters. The van der Waals surface area contributed by atoms with Gasteiger partial charge in [-0.1, -0.05) is 0 Å². The van der Waals surface area contributed by atoms with Crippen molar-refractivity contribution in [1.29, 1.82) is 0 Å². The van der Waals surface area contributed by atoms with E-state index in [1.807, 2.05) is 16.8 Å². The first-order valence-corrected chi connectivity index (χ1v) is 10.8. The van der Waals surface area contributed by atoms with Crippen LogP contribution in [-0.2, 0) is 21.3 Å². The lowest BCUT2D eigenvalue weighted by atomic mass is 10.2. The predicted octanol–water partition coefficient (Wildman–Crippen LogP) is 2.48. The number of carbonyl (C=O) groups is 1. The van der Waals surface area contributed by atoms with E-state index in [0.717, 1.165) is 18.4 Å². The van der Waals surface area contributed by atoms with Crippen molar-refractivity contribution in [3.8, 4) is 0 Å². The molecule has 0 bridgehead atoms. The summed E-state index contributed by atoms with van der Waals surface area (Å²) in [6, 6.07) is 7.95. The van der Waals surface area contributed by atoms with Gasteiger partial charge < -0.3 is 10.1 Å². The van der Waals surface area contributed by atoms with Crippen LogP contribution in [0, 0.1) is 0 Å². The van der Waals surface area contributed by atoms with Crippen LogP contribution in [0.15, 0.2) is 46.0 Å². The molecule has 1 aromatic heterocycles. The number of nitrogens with one attached hydrogen (secondary N) is 1. The minimum absolute atomic E-state index is 0.0754. The van der Waals surface area contributed by atoms with Gasteiger partial charge in [0, 0.05) is 32.3 Å². The number of sulfonamides is 1. The molecule has 0 radical (unpaired) electrons. The molecule has 140 valence electrons. The summed E-state index contributed by atoms with van der Waals surface area (Å²) in [5.74, 6) is -0.247. The van der Waals surface area contributed by atoms with Gasteiger partial charge >= 0.3 is 0 Å². The minimum Gasteiger partial charge on any atom is -0.377 e. The molecule has 1 N–H and O–H groups in total. The molecule has 1 aliphatic heterocycles. The summed E-state index contributed by atoms with van der Waals surface area (Å²) in [7, 11) is -2.15. The minimum atomic E-state index is -3.69. The van der Waals surface area contributed by atoms with Gasteiger partial charge in [0.05, 0.1) is 11.0 Å². The van der Waals surface area contributed by atoms with E-state index in [2.05, 4.69) is 5.32 Å². The fraction of sp³-hybridized carbons (Fsp3) is 0.389. The van der Waals surface area contributed by atoms with E-state index < -0.39 is 10.0 Å². The fourth-order valence-corrected chi connectivity index (χ4v) is 5.04. The molecule has 3 rings (SSSR count). The van der Waals surface area contributed by atoms with Crippen molar-refractivity contribution in [2.75, 3.05) is 20.2 Å². The zero-order chi connectivity index (χ0) is 18.6. The summed E-state index contributed by atoms with van der Waals surface area (Å²) in [4.78, 5) is 11.8. The Morgan fingerprint density at radius 3 is 2.65 bits per heavy atom. The first kappa shape index (κ1) is 19.0. The highest BCUT2D eigenvalue weighted by atomic mass is 32.2. The third-order valence-corrected chi connectivity index (χ3v) is 6.91. The van der Waals surface area contributed by atoms with Crippen LogP contribution in [-0.4, -0.2) is 44.9 Å². The second-order valence-corrected chi connectivity index (χ2v) is 8.89. The second-order valence-electron chi connectivity index (χ2n) is 6.17.